The van der Waals surface area contributed by atoms with E-state index in [1.807, 2.05) is 0 Å². The van der Waals surface area contributed by atoms with Gasteiger partial charge in [-0.25, -0.2) is 4.99 Å². The molecule has 0 bridgehead atoms. The standard InChI is InChI=1S/C7H7F6N/c1-4(2)3-14-5(6(8,9)10)7(11,12)13/h3H,1-2H3. The molecule has 0 saturated carbocycles. The van der Waals surface area contributed by atoms with E-state index in [9.17, 15) is 26.3 Å². The van der Waals surface area contributed by atoms with E-state index >= 15 is 0 Å². The fourth-order valence-electron chi connectivity index (χ4n) is 0.501. The van der Waals surface area contributed by atoms with Crippen molar-refractivity contribution in [1.29, 1.82) is 0 Å². The molecule has 0 aromatic carbocycles. The van der Waals surface area contributed by atoms with Gasteiger partial charge in [0.25, 0.3) is 0 Å². The molecule has 0 amide bonds. The lowest BCUT2D eigenvalue weighted by molar-refractivity contribution is -0.117. The monoisotopic (exact) mass is 219 g/mol. The van der Waals surface area contributed by atoms with Gasteiger partial charge >= 0.3 is 12.4 Å². The molecule has 0 aliphatic carbocycles. The van der Waals surface area contributed by atoms with Gasteiger partial charge in [0, 0.05) is 6.20 Å². The summed E-state index contributed by atoms with van der Waals surface area (Å²) in [5.41, 5.74) is -2.50. The molecule has 0 N–H and O–H groups in total. The van der Waals surface area contributed by atoms with Crippen molar-refractivity contribution >= 4 is 5.71 Å². The Morgan fingerprint density at radius 2 is 1.29 bits per heavy atom. The molecular weight excluding hydrogens is 212 g/mol. The summed E-state index contributed by atoms with van der Waals surface area (Å²) in [6.07, 6.45) is -10.4. The molecule has 0 spiro atoms. The fraction of sp³-hybridized carbons (Fsp3) is 0.571. The molecule has 7 heteroatoms. The summed E-state index contributed by atoms with van der Waals surface area (Å²) < 4.78 is 70.7. The Kier molecular flexibility index (Phi) is 3.73. The van der Waals surface area contributed by atoms with Gasteiger partial charge in [0.1, 0.15) is 0 Å². The largest absolute Gasteiger partial charge is 0.438 e. The van der Waals surface area contributed by atoms with Crippen molar-refractivity contribution < 1.29 is 26.3 Å². The Balaban J connectivity index is 5.15. The first-order valence-corrected chi connectivity index (χ1v) is 3.40. The van der Waals surface area contributed by atoms with E-state index < -0.39 is 18.1 Å². The van der Waals surface area contributed by atoms with Crippen molar-refractivity contribution in [3.05, 3.63) is 11.8 Å². The summed E-state index contributed by atoms with van der Waals surface area (Å²) >= 11 is 0. The first-order valence-electron chi connectivity index (χ1n) is 3.40. The topological polar surface area (TPSA) is 12.4 Å². The highest BCUT2D eigenvalue weighted by molar-refractivity contribution is 5.95. The van der Waals surface area contributed by atoms with Crippen LogP contribution in [0.5, 0.6) is 0 Å². The number of allylic oxidation sites excluding steroid dienone is 1. The Labute approximate surface area is 76.1 Å². The second-order valence-corrected chi connectivity index (χ2v) is 2.68. The van der Waals surface area contributed by atoms with Crippen LogP contribution in [0.4, 0.5) is 26.3 Å². The zero-order valence-electron chi connectivity index (χ0n) is 7.29. The molecule has 0 rings (SSSR count). The average molecular weight is 219 g/mol. The summed E-state index contributed by atoms with van der Waals surface area (Å²) in [6.45, 7) is 2.68. The van der Waals surface area contributed by atoms with Gasteiger partial charge in [0.15, 0.2) is 0 Å². The molecule has 0 aromatic heterocycles. The van der Waals surface area contributed by atoms with Gasteiger partial charge < -0.3 is 0 Å². The molecular formula is C7H7F6N. The van der Waals surface area contributed by atoms with E-state index in [1.54, 1.807) is 0 Å². The number of nitrogens with zero attached hydrogens (tertiary/aromatic N) is 1. The van der Waals surface area contributed by atoms with Gasteiger partial charge in [-0.3, -0.25) is 0 Å². The summed E-state index contributed by atoms with van der Waals surface area (Å²) in [6, 6.07) is 0. The zero-order chi connectivity index (χ0) is 11.6. The number of alkyl halides is 6. The van der Waals surface area contributed by atoms with Crippen LogP contribution < -0.4 is 0 Å². The lowest BCUT2D eigenvalue weighted by Crippen LogP contribution is -2.36. The second-order valence-electron chi connectivity index (χ2n) is 2.68. The Bertz CT molecular complexity index is 236. The van der Waals surface area contributed by atoms with Crippen LogP contribution in [0.1, 0.15) is 13.8 Å². The van der Waals surface area contributed by atoms with Gasteiger partial charge in [-0.1, -0.05) is 5.57 Å². The third-order valence-corrected chi connectivity index (χ3v) is 0.989. The third-order valence-electron chi connectivity index (χ3n) is 0.989. The van der Waals surface area contributed by atoms with Crippen LogP contribution in [0.3, 0.4) is 0 Å². The van der Waals surface area contributed by atoms with Gasteiger partial charge in [-0.05, 0) is 13.8 Å². The van der Waals surface area contributed by atoms with E-state index in [-0.39, 0.29) is 5.57 Å². The van der Waals surface area contributed by atoms with E-state index in [1.165, 1.54) is 13.8 Å². The summed E-state index contributed by atoms with van der Waals surface area (Å²) in [5, 5.41) is 0. The maximum absolute atomic E-state index is 11.8. The first kappa shape index (κ1) is 13.0. The number of halogens is 6. The maximum atomic E-state index is 11.8. The van der Waals surface area contributed by atoms with Gasteiger partial charge in [0.05, 0.1) is 0 Å². The molecule has 0 aliphatic heterocycles. The minimum atomic E-state index is -5.48. The van der Waals surface area contributed by atoms with Crippen molar-refractivity contribution in [1.82, 2.24) is 0 Å². The molecule has 0 atom stereocenters. The number of hydrogen-bond acceptors (Lipinski definition) is 1. The van der Waals surface area contributed by atoms with Crippen LogP contribution in [-0.4, -0.2) is 18.1 Å². The molecule has 0 saturated heterocycles. The molecule has 0 heterocycles. The number of rotatable bonds is 1. The number of hydrogen-bond donors (Lipinski definition) is 0. The van der Waals surface area contributed by atoms with Gasteiger partial charge in [0.2, 0.25) is 5.71 Å². The maximum Gasteiger partial charge on any atom is 0.438 e. The molecule has 1 nitrogen and oxygen atoms in total. The van der Waals surface area contributed by atoms with Gasteiger partial charge in [-0.2, -0.15) is 26.3 Å². The highest BCUT2D eigenvalue weighted by Crippen LogP contribution is 2.30. The average Bonchev–Trinajstić information content (AvgIpc) is 1.78. The molecule has 0 aliphatic rings. The minimum Gasteiger partial charge on any atom is -0.248 e. The van der Waals surface area contributed by atoms with E-state index in [0.717, 1.165) is 0 Å². The normalized spacial score (nSPS) is 12.3. The summed E-state index contributed by atoms with van der Waals surface area (Å²) in [5.74, 6) is 0. The van der Waals surface area contributed by atoms with E-state index in [2.05, 4.69) is 4.99 Å². The van der Waals surface area contributed by atoms with Crippen molar-refractivity contribution in [3.63, 3.8) is 0 Å². The predicted octanol–water partition coefficient (Wildman–Crippen LogP) is 3.48. The second kappa shape index (κ2) is 4.02. The van der Waals surface area contributed by atoms with Crippen molar-refractivity contribution in [3.8, 4) is 0 Å². The molecule has 14 heavy (non-hydrogen) atoms. The molecule has 0 unspecified atom stereocenters. The van der Waals surface area contributed by atoms with Gasteiger partial charge in [-0.15, -0.1) is 0 Å². The van der Waals surface area contributed by atoms with Crippen molar-refractivity contribution in [2.75, 3.05) is 0 Å². The Hall–Kier alpha value is -1.01. The summed E-state index contributed by atoms with van der Waals surface area (Å²) in [4.78, 5) is 2.37. The lowest BCUT2D eigenvalue weighted by Gasteiger charge is -2.12. The van der Waals surface area contributed by atoms with Crippen LogP contribution in [0.15, 0.2) is 16.8 Å². The minimum absolute atomic E-state index is 0.246. The van der Waals surface area contributed by atoms with E-state index in [0.29, 0.717) is 6.20 Å². The fourth-order valence-corrected chi connectivity index (χ4v) is 0.501. The Morgan fingerprint density at radius 1 is 0.929 bits per heavy atom. The smallest absolute Gasteiger partial charge is 0.248 e. The Morgan fingerprint density at radius 3 is 1.50 bits per heavy atom. The van der Waals surface area contributed by atoms with Crippen LogP contribution in [-0.2, 0) is 0 Å². The van der Waals surface area contributed by atoms with Crippen molar-refractivity contribution in [2.24, 2.45) is 4.99 Å². The SMILES string of the molecule is CC(C)=CN=C(C(F)(F)F)C(F)(F)F. The molecule has 0 aromatic rings. The summed E-state index contributed by atoms with van der Waals surface area (Å²) in [7, 11) is 0. The van der Waals surface area contributed by atoms with Crippen LogP contribution in [0.2, 0.25) is 0 Å². The number of aliphatic imine (C=N–C) groups is 1. The van der Waals surface area contributed by atoms with Crippen molar-refractivity contribution in [2.45, 2.75) is 26.2 Å². The van der Waals surface area contributed by atoms with Crippen LogP contribution in [0, 0.1) is 0 Å². The molecule has 82 valence electrons. The molecule has 0 radical (unpaired) electrons. The lowest BCUT2D eigenvalue weighted by atomic mass is 10.3. The third kappa shape index (κ3) is 4.29. The predicted molar refractivity (Wildman–Crippen MR) is 39.0 cm³/mol. The first-order chi connectivity index (χ1) is 6.05. The van der Waals surface area contributed by atoms with E-state index in [4.69, 9.17) is 0 Å². The zero-order valence-corrected chi connectivity index (χ0v) is 7.29. The molecule has 0 fully saturated rings. The van der Waals surface area contributed by atoms with Crippen LogP contribution >= 0.6 is 0 Å². The quantitative estimate of drug-likeness (QED) is 0.473. The highest BCUT2D eigenvalue weighted by Gasteiger charge is 2.52. The van der Waals surface area contributed by atoms with Crippen LogP contribution in [0.25, 0.3) is 0 Å². The highest BCUT2D eigenvalue weighted by atomic mass is 19.4.